The Labute approximate surface area is 115 Å². The fourth-order valence-corrected chi connectivity index (χ4v) is 3.56. The van der Waals surface area contributed by atoms with Crippen LogP contribution in [-0.2, 0) is 0 Å². The topological polar surface area (TPSA) is 45.2 Å². The minimum absolute atomic E-state index is 0.104. The summed E-state index contributed by atoms with van der Waals surface area (Å²) in [5, 5.41) is 3.37. The summed E-state index contributed by atoms with van der Waals surface area (Å²) in [5.74, 6) is 0.719. The van der Waals surface area contributed by atoms with Gasteiger partial charge in [0.05, 0.1) is 5.56 Å². The number of hydrogen-bond donors (Lipinski definition) is 1. The van der Waals surface area contributed by atoms with Gasteiger partial charge in [0.25, 0.3) is 5.91 Å². The zero-order valence-corrected chi connectivity index (χ0v) is 11.9. The Kier molecular flexibility index (Phi) is 3.11. The van der Waals surface area contributed by atoms with Crippen LogP contribution in [0, 0.1) is 5.92 Å². The lowest BCUT2D eigenvalue weighted by Crippen LogP contribution is -2.42. The molecule has 0 aromatic carbocycles. The van der Waals surface area contributed by atoms with E-state index in [9.17, 15) is 4.79 Å². The maximum atomic E-state index is 12.6. The number of halogens is 1. The first-order chi connectivity index (χ1) is 8.66. The van der Waals surface area contributed by atoms with E-state index in [-0.39, 0.29) is 5.91 Å². The number of aromatic nitrogens is 1. The number of pyridine rings is 1. The molecule has 2 fully saturated rings. The third-order valence-corrected chi connectivity index (χ3v) is 4.40. The van der Waals surface area contributed by atoms with Gasteiger partial charge in [0.1, 0.15) is 0 Å². The van der Waals surface area contributed by atoms with Gasteiger partial charge in [-0.1, -0.05) is 0 Å². The van der Waals surface area contributed by atoms with E-state index in [2.05, 4.69) is 33.2 Å². The molecule has 3 atom stereocenters. The number of nitrogens with zero attached hydrogens (tertiary/aromatic N) is 2. The van der Waals surface area contributed by atoms with Gasteiger partial charge in [-0.25, -0.2) is 0 Å². The van der Waals surface area contributed by atoms with Gasteiger partial charge >= 0.3 is 0 Å². The quantitative estimate of drug-likeness (QED) is 0.858. The van der Waals surface area contributed by atoms with Crippen molar-refractivity contribution >= 4 is 21.8 Å². The van der Waals surface area contributed by atoms with Gasteiger partial charge in [0.2, 0.25) is 0 Å². The summed E-state index contributed by atoms with van der Waals surface area (Å²) in [6, 6.07) is 2.53. The lowest BCUT2D eigenvalue weighted by atomic mass is 10.0. The van der Waals surface area contributed by atoms with Crippen LogP contribution in [0.15, 0.2) is 22.9 Å². The second kappa shape index (κ2) is 4.63. The molecule has 0 aliphatic carbocycles. The molecule has 1 N–H and O–H groups in total. The Morgan fingerprint density at radius 3 is 3.11 bits per heavy atom. The smallest absolute Gasteiger partial charge is 0.256 e. The fraction of sp³-hybridized carbons (Fsp3) is 0.538. The van der Waals surface area contributed by atoms with E-state index in [1.165, 1.54) is 0 Å². The highest BCUT2D eigenvalue weighted by Gasteiger charge is 2.44. The fourth-order valence-electron chi connectivity index (χ4n) is 3.19. The third-order valence-electron chi connectivity index (χ3n) is 3.97. The van der Waals surface area contributed by atoms with Crippen molar-refractivity contribution in [3.63, 3.8) is 0 Å². The van der Waals surface area contributed by atoms with Gasteiger partial charge in [-0.05, 0) is 41.3 Å². The lowest BCUT2D eigenvalue weighted by molar-refractivity contribution is 0.0681. The van der Waals surface area contributed by atoms with Gasteiger partial charge in [-0.3, -0.25) is 9.78 Å². The highest BCUT2D eigenvalue weighted by atomic mass is 79.9. The number of nitrogens with one attached hydrogen (secondary N) is 1. The van der Waals surface area contributed by atoms with Crippen LogP contribution in [0.1, 0.15) is 23.7 Å². The predicted molar refractivity (Wildman–Crippen MR) is 72.3 cm³/mol. The molecule has 3 unspecified atom stereocenters. The third kappa shape index (κ3) is 1.95. The first-order valence-corrected chi connectivity index (χ1v) is 7.10. The molecular formula is C13H16BrN3O. The molecule has 0 bridgehead atoms. The molecule has 0 spiro atoms. The molecule has 18 heavy (non-hydrogen) atoms. The molecule has 4 nitrogen and oxygen atoms in total. The van der Waals surface area contributed by atoms with Crippen LogP contribution >= 0.6 is 15.9 Å². The second-order valence-corrected chi connectivity index (χ2v) is 6.09. The summed E-state index contributed by atoms with van der Waals surface area (Å²) in [4.78, 5) is 18.7. The van der Waals surface area contributed by atoms with E-state index in [1.54, 1.807) is 12.4 Å². The zero-order chi connectivity index (χ0) is 12.7. The predicted octanol–water partition coefficient (Wildman–Crippen LogP) is 1.67. The molecule has 0 saturated carbocycles. The van der Waals surface area contributed by atoms with Crippen molar-refractivity contribution < 1.29 is 4.79 Å². The number of carbonyl (C=O) groups excluding carboxylic acids is 1. The average Bonchev–Trinajstić information content (AvgIpc) is 2.88. The summed E-state index contributed by atoms with van der Waals surface area (Å²) in [7, 11) is 0. The maximum Gasteiger partial charge on any atom is 0.256 e. The summed E-state index contributed by atoms with van der Waals surface area (Å²) in [6.45, 7) is 4.10. The van der Waals surface area contributed by atoms with Crippen LogP contribution in [0.2, 0.25) is 0 Å². The van der Waals surface area contributed by atoms with Crippen molar-refractivity contribution in [1.82, 2.24) is 15.2 Å². The molecule has 1 aromatic heterocycles. The Balaban J connectivity index is 1.87. The second-order valence-electron chi connectivity index (χ2n) is 5.17. The molecule has 1 amide bonds. The van der Waals surface area contributed by atoms with E-state index in [1.807, 2.05) is 11.0 Å². The number of carbonyl (C=O) groups is 1. The van der Waals surface area contributed by atoms with Crippen LogP contribution in [-0.4, -0.2) is 41.0 Å². The number of likely N-dealkylation sites (tertiary alicyclic amines) is 1. The van der Waals surface area contributed by atoms with Crippen LogP contribution < -0.4 is 5.32 Å². The van der Waals surface area contributed by atoms with Gasteiger partial charge in [-0.2, -0.15) is 0 Å². The van der Waals surface area contributed by atoms with E-state index in [0.717, 1.165) is 24.0 Å². The molecule has 2 saturated heterocycles. The van der Waals surface area contributed by atoms with Crippen LogP contribution in [0.5, 0.6) is 0 Å². The van der Waals surface area contributed by atoms with Gasteiger partial charge in [-0.15, -0.1) is 0 Å². The summed E-state index contributed by atoms with van der Waals surface area (Å²) >= 11 is 3.36. The number of amides is 1. The monoisotopic (exact) mass is 309 g/mol. The van der Waals surface area contributed by atoms with E-state index < -0.39 is 0 Å². The van der Waals surface area contributed by atoms with Crippen LogP contribution in [0.4, 0.5) is 0 Å². The number of hydrogen-bond acceptors (Lipinski definition) is 3. The minimum Gasteiger partial charge on any atom is -0.331 e. The molecule has 96 valence electrons. The summed E-state index contributed by atoms with van der Waals surface area (Å²) < 4.78 is 0.848. The van der Waals surface area contributed by atoms with Crippen LogP contribution in [0.25, 0.3) is 0 Å². The molecule has 0 radical (unpaired) electrons. The van der Waals surface area contributed by atoms with Crippen molar-refractivity contribution in [2.45, 2.75) is 25.4 Å². The van der Waals surface area contributed by atoms with Gasteiger partial charge in [0.15, 0.2) is 0 Å². The maximum absolute atomic E-state index is 12.6. The Hall–Kier alpha value is -0.940. The molecule has 3 heterocycles. The number of rotatable bonds is 1. The van der Waals surface area contributed by atoms with E-state index >= 15 is 0 Å². The largest absolute Gasteiger partial charge is 0.331 e. The average molecular weight is 310 g/mol. The van der Waals surface area contributed by atoms with Crippen molar-refractivity contribution in [1.29, 1.82) is 0 Å². The first-order valence-electron chi connectivity index (χ1n) is 6.30. The first kappa shape index (κ1) is 12.1. The molecule has 2 aliphatic heterocycles. The number of fused-ring (bicyclic) bond motifs is 1. The van der Waals surface area contributed by atoms with E-state index in [0.29, 0.717) is 23.6 Å². The minimum atomic E-state index is 0.104. The van der Waals surface area contributed by atoms with Crippen molar-refractivity contribution in [2.75, 3.05) is 13.1 Å². The normalized spacial score (nSPS) is 30.6. The van der Waals surface area contributed by atoms with Crippen molar-refractivity contribution in [3.8, 4) is 0 Å². The highest BCUT2D eigenvalue weighted by molar-refractivity contribution is 9.10. The van der Waals surface area contributed by atoms with Gasteiger partial charge in [0, 0.05) is 42.0 Å². The van der Waals surface area contributed by atoms with Crippen molar-refractivity contribution in [3.05, 3.63) is 28.5 Å². The summed E-state index contributed by atoms with van der Waals surface area (Å²) in [6.07, 6.45) is 4.45. The molecule has 5 heteroatoms. The van der Waals surface area contributed by atoms with Gasteiger partial charge < -0.3 is 10.2 Å². The SMILES string of the molecule is CC1CC2CNCC2N1C(=O)c1cncc(Br)c1. The molecule has 3 rings (SSSR count). The Bertz CT molecular complexity index is 479. The molecular weight excluding hydrogens is 294 g/mol. The Morgan fingerprint density at radius 1 is 1.50 bits per heavy atom. The molecule has 1 aromatic rings. The van der Waals surface area contributed by atoms with E-state index in [4.69, 9.17) is 0 Å². The van der Waals surface area contributed by atoms with Crippen molar-refractivity contribution in [2.24, 2.45) is 5.92 Å². The highest BCUT2D eigenvalue weighted by Crippen LogP contribution is 2.33. The zero-order valence-electron chi connectivity index (χ0n) is 10.3. The summed E-state index contributed by atoms with van der Waals surface area (Å²) in [5.41, 5.74) is 0.670. The standard InChI is InChI=1S/C13H16BrN3O/c1-8-2-9-4-16-7-12(9)17(8)13(18)10-3-11(14)6-15-5-10/h3,5-6,8-9,12,16H,2,4,7H2,1H3. The molecule has 2 aliphatic rings. The van der Waals surface area contributed by atoms with Crippen LogP contribution in [0.3, 0.4) is 0 Å². The Morgan fingerprint density at radius 2 is 2.33 bits per heavy atom. The lowest BCUT2D eigenvalue weighted by Gasteiger charge is -2.27.